The van der Waals surface area contributed by atoms with Crippen LogP contribution in [0.4, 0.5) is 4.79 Å². The molecule has 1 aliphatic rings. The van der Waals surface area contributed by atoms with Crippen LogP contribution >= 0.6 is 0 Å². The molecule has 0 spiro atoms. The van der Waals surface area contributed by atoms with Crippen LogP contribution < -0.4 is 0 Å². The van der Waals surface area contributed by atoms with Gasteiger partial charge in [0.2, 0.25) is 0 Å². The Morgan fingerprint density at radius 1 is 0.714 bits per heavy atom. The maximum Gasteiger partial charge on any atom is 0.320 e. The Morgan fingerprint density at radius 3 is 1.57 bits per heavy atom. The van der Waals surface area contributed by atoms with Crippen LogP contribution in [0.1, 0.15) is 59.3 Å². The maximum absolute atomic E-state index is 12.7. The first-order chi connectivity index (χ1) is 10.2. The highest BCUT2D eigenvalue weighted by molar-refractivity contribution is 5.74. The van der Waals surface area contributed by atoms with Gasteiger partial charge in [-0.25, -0.2) is 4.79 Å². The number of hydrogen-bond acceptors (Lipinski definition) is 2. The van der Waals surface area contributed by atoms with E-state index < -0.39 is 0 Å². The molecule has 1 saturated heterocycles. The predicted octanol–water partition coefficient (Wildman–Crippen LogP) is 3.43. The quantitative estimate of drug-likeness (QED) is 0.652. The lowest BCUT2D eigenvalue weighted by molar-refractivity contribution is 0.116. The van der Waals surface area contributed by atoms with E-state index in [4.69, 9.17) is 0 Å². The third-order valence-corrected chi connectivity index (χ3v) is 4.30. The fourth-order valence-electron chi connectivity index (χ4n) is 2.75. The fourth-order valence-corrected chi connectivity index (χ4v) is 2.75. The number of carbonyl (C=O) groups excluding carboxylic acids is 1. The Kier molecular flexibility index (Phi) is 9.48. The highest BCUT2D eigenvalue weighted by Crippen LogP contribution is 2.09. The van der Waals surface area contributed by atoms with Crippen molar-refractivity contribution in [2.24, 2.45) is 0 Å². The van der Waals surface area contributed by atoms with Crippen molar-refractivity contribution in [3.63, 3.8) is 0 Å². The van der Waals surface area contributed by atoms with Gasteiger partial charge < -0.3 is 9.80 Å². The Balaban J connectivity index is 2.62. The van der Waals surface area contributed by atoms with Crippen LogP contribution in [0.25, 0.3) is 0 Å². The first-order valence-corrected chi connectivity index (χ1v) is 8.99. The summed E-state index contributed by atoms with van der Waals surface area (Å²) in [5, 5.41) is 0. The van der Waals surface area contributed by atoms with Crippen molar-refractivity contribution in [3.8, 4) is 0 Å². The Hall–Kier alpha value is -0.770. The molecule has 0 atom stereocenters. The largest absolute Gasteiger partial charge is 0.323 e. The van der Waals surface area contributed by atoms with E-state index in [0.717, 1.165) is 65.0 Å². The molecule has 21 heavy (non-hydrogen) atoms. The van der Waals surface area contributed by atoms with Gasteiger partial charge in [0.25, 0.3) is 0 Å². The van der Waals surface area contributed by atoms with E-state index in [1.54, 1.807) is 0 Å². The molecule has 0 N–H and O–H groups in total. The van der Waals surface area contributed by atoms with Gasteiger partial charge in [-0.2, -0.15) is 0 Å². The van der Waals surface area contributed by atoms with E-state index in [9.17, 15) is 4.79 Å². The Morgan fingerprint density at radius 2 is 1.14 bits per heavy atom. The monoisotopic (exact) mass is 297 g/mol. The molecule has 0 aromatic rings. The summed E-state index contributed by atoms with van der Waals surface area (Å²) < 4.78 is 0. The average molecular weight is 297 g/mol. The summed E-state index contributed by atoms with van der Waals surface area (Å²) in [5.41, 5.74) is 0. The van der Waals surface area contributed by atoms with E-state index in [2.05, 4.69) is 35.5 Å². The molecule has 1 heterocycles. The molecule has 0 radical (unpaired) electrons. The van der Waals surface area contributed by atoms with Gasteiger partial charge in [0.15, 0.2) is 0 Å². The Labute approximate surface area is 131 Å². The highest BCUT2D eigenvalue weighted by Gasteiger charge is 2.23. The molecule has 1 rings (SSSR count). The van der Waals surface area contributed by atoms with Crippen LogP contribution in [0.2, 0.25) is 0 Å². The van der Waals surface area contributed by atoms with Crippen LogP contribution in [0.3, 0.4) is 0 Å². The number of urea groups is 1. The van der Waals surface area contributed by atoms with E-state index in [1.807, 2.05) is 0 Å². The van der Waals surface area contributed by atoms with Crippen LogP contribution in [0, 0.1) is 0 Å². The summed E-state index contributed by atoms with van der Waals surface area (Å²) in [7, 11) is 0. The van der Waals surface area contributed by atoms with Crippen molar-refractivity contribution in [2.45, 2.75) is 59.3 Å². The van der Waals surface area contributed by atoms with Crippen molar-refractivity contribution in [1.82, 2.24) is 14.7 Å². The van der Waals surface area contributed by atoms with Crippen molar-refractivity contribution < 1.29 is 4.79 Å². The van der Waals surface area contributed by atoms with Crippen LogP contribution in [0.15, 0.2) is 0 Å². The summed E-state index contributed by atoms with van der Waals surface area (Å²) in [6, 6.07) is 0.270. The summed E-state index contributed by atoms with van der Waals surface area (Å²) in [4.78, 5) is 19.4. The van der Waals surface area contributed by atoms with Gasteiger partial charge in [-0.1, -0.05) is 40.0 Å². The molecular formula is C17H35N3O. The minimum Gasteiger partial charge on any atom is -0.323 e. The molecule has 0 saturated carbocycles. The van der Waals surface area contributed by atoms with Gasteiger partial charge >= 0.3 is 6.03 Å². The van der Waals surface area contributed by atoms with Gasteiger partial charge in [-0.05, 0) is 25.8 Å². The van der Waals surface area contributed by atoms with Crippen LogP contribution in [-0.4, -0.2) is 66.5 Å². The second kappa shape index (κ2) is 10.9. The van der Waals surface area contributed by atoms with Crippen molar-refractivity contribution >= 4 is 6.03 Å². The number of carbonyl (C=O) groups is 1. The number of unbranched alkanes of at least 4 members (excludes halogenated alkanes) is 3. The zero-order valence-electron chi connectivity index (χ0n) is 14.4. The predicted molar refractivity (Wildman–Crippen MR) is 89.7 cm³/mol. The lowest BCUT2D eigenvalue weighted by Crippen LogP contribution is -2.52. The molecule has 0 bridgehead atoms. The summed E-state index contributed by atoms with van der Waals surface area (Å²) in [6.45, 7) is 13.5. The molecule has 124 valence electrons. The molecule has 2 amide bonds. The Bertz CT molecular complexity index is 261. The smallest absolute Gasteiger partial charge is 0.320 e. The van der Waals surface area contributed by atoms with E-state index in [0.29, 0.717) is 0 Å². The third-order valence-electron chi connectivity index (χ3n) is 4.30. The summed E-state index contributed by atoms with van der Waals surface area (Å²) in [6.07, 6.45) is 7.04. The molecule has 1 fully saturated rings. The summed E-state index contributed by atoms with van der Waals surface area (Å²) >= 11 is 0. The van der Waals surface area contributed by atoms with E-state index >= 15 is 0 Å². The minimum absolute atomic E-state index is 0.270. The van der Waals surface area contributed by atoms with Gasteiger partial charge in [0.05, 0.1) is 0 Å². The first-order valence-electron chi connectivity index (χ1n) is 8.99. The van der Waals surface area contributed by atoms with Crippen LogP contribution in [-0.2, 0) is 0 Å². The van der Waals surface area contributed by atoms with Gasteiger partial charge in [0, 0.05) is 39.3 Å². The zero-order chi connectivity index (χ0) is 15.5. The standard InChI is InChI=1S/C17H35N3O/c1-4-7-10-18-13-15-19(11-8-5-2)17(21)20(16-14-18)12-9-6-3/h4-16H2,1-3H3. The molecule has 0 unspecified atom stereocenters. The minimum atomic E-state index is 0.270. The normalized spacial score (nSPS) is 18.0. The maximum atomic E-state index is 12.7. The van der Waals surface area contributed by atoms with Crippen LogP contribution in [0.5, 0.6) is 0 Å². The second-order valence-electron chi connectivity index (χ2n) is 6.16. The number of hydrogen-bond donors (Lipinski definition) is 0. The van der Waals surface area contributed by atoms with E-state index in [1.165, 1.54) is 19.4 Å². The van der Waals surface area contributed by atoms with Gasteiger partial charge in [0.1, 0.15) is 0 Å². The SMILES string of the molecule is CCCCN1CCN(CCCC)C(=O)N(CCCC)CC1. The molecule has 4 heteroatoms. The number of nitrogens with zero attached hydrogens (tertiary/aromatic N) is 3. The molecule has 0 aromatic carbocycles. The lowest BCUT2D eigenvalue weighted by Gasteiger charge is -2.37. The molecule has 4 nitrogen and oxygen atoms in total. The fraction of sp³-hybridized carbons (Fsp3) is 0.941. The zero-order valence-corrected chi connectivity index (χ0v) is 14.4. The average Bonchev–Trinajstić information content (AvgIpc) is 2.49. The molecule has 0 aliphatic carbocycles. The third kappa shape index (κ3) is 6.68. The van der Waals surface area contributed by atoms with Crippen molar-refractivity contribution in [1.29, 1.82) is 0 Å². The van der Waals surface area contributed by atoms with Crippen molar-refractivity contribution in [2.75, 3.05) is 45.8 Å². The first kappa shape index (κ1) is 18.3. The van der Waals surface area contributed by atoms with Gasteiger partial charge in [-0.15, -0.1) is 0 Å². The van der Waals surface area contributed by atoms with Crippen molar-refractivity contribution in [3.05, 3.63) is 0 Å². The van der Waals surface area contributed by atoms with E-state index in [-0.39, 0.29) is 6.03 Å². The topological polar surface area (TPSA) is 26.8 Å². The number of amides is 2. The second-order valence-corrected chi connectivity index (χ2v) is 6.16. The molecular weight excluding hydrogens is 262 g/mol. The summed E-state index contributed by atoms with van der Waals surface area (Å²) in [5.74, 6) is 0. The molecule has 0 aromatic heterocycles. The van der Waals surface area contributed by atoms with Gasteiger partial charge in [-0.3, -0.25) is 4.90 Å². The number of rotatable bonds is 9. The highest BCUT2D eigenvalue weighted by atomic mass is 16.2. The lowest BCUT2D eigenvalue weighted by atomic mass is 10.2. The molecule has 1 aliphatic heterocycles.